The van der Waals surface area contributed by atoms with E-state index in [2.05, 4.69) is 20.8 Å². The van der Waals surface area contributed by atoms with Gasteiger partial charge in [-0.1, -0.05) is 27.2 Å². The Hall–Kier alpha value is -0.0800. The van der Waals surface area contributed by atoms with Crippen molar-refractivity contribution in [2.45, 2.75) is 84.8 Å². The van der Waals surface area contributed by atoms with Gasteiger partial charge in [0.15, 0.2) is 0 Å². The van der Waals surface area contributed by atoms with Gasteiger partial charge in [0.25, 0.3) is 0 Å². The number of aliphatic hydroxyl groups excluding tert-OH is 1. The van der Waals surface area contributed by atoms with Crippen molar-refractivity contribution in [2.24, 2.45) is 22.2 Å². The van der Waals surface area contributed by atoms with Crippen LogP contribution in [0.5, 0.6) is 0 Å². The second-order valence-electron chi connectivity index (χ2n) is 9.03. The van der Waals surface area contributed by atoms with Crippen LogP contribution in [0.25, 0.3) is 0 Å². The molecule has 2 nitrogen and oxygen atoms in total. The SMILES string of the molecule is CC(O)COC1CC(C)(C)C2CCC3(C)CCCC12C3. The molecule has 2 bridgehead atoms. The predicted octanol–water partition coefficient (Wildman–Crippen LogP) is 4.16. The minimum atomic E-state index is -0.341. The van der Waals surface area contributed by atoms with E-state index in [1.54, 1.807) is 0 Å². The van der Waals surface area contributed by atoms with E-state index in [1.807, 2.05) is 6.92 Å². The Bertz CT molecular complexity index is 376. The molecule has 5 atom stereocenters. The largest absolute Gasteiger partial charge is 0.391 e. The monoisotopic (exact) mass is 280 g/mol. The summed E-state index contributed by atoms with van der Waals surface area (Å²) in [6, 6.07) is 0. The van der Waals surface area contributed by atoms with Gasteiger partial charge in [-0.3, -0.25) is 0 Å². The highest BCUT2D eigenvalue weighted by Gasteiger charge is 2.63. The molecule has 1 N–H and O–H groups in total. The van der Waals surface area contributed by atoms with Gasteiger partial charge in [0, 0.05) is 5.41 Å². The first kappa shape index (κ1) is 14.8. The fraction of sp³-hybridized carbons (Fsp3) is 1.00. The summed E-state index contributed by atoms with van der Waals surface area (Å²) in [7, 11) is 0. The maximum atomic E-state index is 9.59. The second kappa shape index (κ2) is 4.71. The molecular formula is C18H32O2. The topological polar surface area (TPSA) is 29.5 Å². The summed E-state index contributed by atoms with van der Waals surface area (Å²) in [6.45, 7) is 9.74. The fourth-order valence-electron chi connectivity index (χ4n) is 6.08. The third-order valence-corrected chi connectivity index (χ3v) is 6.74. The molecule has 2 heteroatoms. The number of hydrogen-bond donors (Lipinski definition) is 1. The lowest BCUT2D eigenvalue weighted by Crippen LogP contribution is -2.49. The van der Waals surface area contributed by atoms with Gasteiger partial charge < -0.3 is 9.84 Å². The van der Waals surface area contributed by atoms with Crippen molar-refractivity contribution in [1.82, 2.24) is 0 Å². The van der Waals surface area contributed by atoms with E-state index in [-0.39, 0.29) is 6.10 Å². The third kappa shape index (κ3) is 2.23. The molecule has 0 amide bonds. The summed E-state index contributed by atoms with van der Waals surface area (Å²) in [4.78, 5) is 0. The normalized spacial score (nSPS) is 47.9. The molecule has 20 heavy (non-hydrogen) atoms. The molecule has 0 saturated heterocycles. The van der Waals surface area contributed by atoms with Gasteiger partial charge in [0.2, 0.25) is 0 Å². The van der Waals surface area contributed by atoms with Crippen LogP contribution >= 0.6 is 0 Å². The zero-order valence-electron chi connectivity index (χ0n) is 13.7. The van der Waals surface area contributed by atoms with Gasteiger partial charge in [-0.25, -0.2) is 0 Å². The molecule has 0 aliphatic heterocycles. The maximum absolute atomic E-state index is 9.59. The highest BCUT2D eigenvalue weighted by molar-refractivity contribution is 5.13. The Balaban J connectivity index is 1.88. The number of ether oxygens (including phenoxy) is 1. The third-order valence-electron chi connectivity index (χ3n) is 6.74. The van der Waals surface area contributed by atoms with Crippen LogP contribution in [0.2, 0.25) is 0 Å². The van der Waals surface area contributed by atoms with Crippen LogP contribution in [0.15, 0.2) is 0 Å². The highest BCUT2D eigenvalue weighted by atomic mass is 16.5. The van der Waals surface area contributed by atoms with E-state index in [1.165, 1.54) is 44.9 Å². The molecule has 0 aromatic rings. The molecule has 3 saturated carbocycles. The molecule has 0 heterocycles. The average molecular weight is 280 g/mol. The summed E-state index contributed by atoms with van der Waals surface area (Å²) >= 11 is 0. The quantitative estimate of drug-likeness (QED) is 0.841. The first-order chi connectivity index (χ1) is 9.28. The standard InChI is InChI=1S/C18H32O2/c1-13(19)11-20-15-10-16(2,3)14-6-9-17(4)7-5-8-18(14,15)12-17/h13-15,19H,5-12H2,1-4H3. The van der Waals surface area contributed by atoms with E-state index in [4.69, 9.17) is 4.74 Å². The molecule has 3 rings (SSSR count). The van der Waals surface area contributed by atoms with Gasteiger partial charge in [-0.15, -0.1) is 0 Å². The number of fused-ring (bicyclic) bond motifs is 1. The Labute approximate surface area is 124 Å². The second-order valence-corrected chi connectivity index (χ2v) is 9.03. The number of aliphatic hydroxyl groups is 1. The molecule has 0 aromatic carbocycles. The number of hydrogen-bond acceptors (Lipinski definition) is 2. The Morgan fingerprint density at radius 1 is 1.20 bits per heavy atom. The van der Waals surface area contributed by atoms with Crippen LogP contribution < -0.4 is 0 Å². The molecule has 3 fully saturated rings. The Morgan fingerprint density at radius 3 is 2.65 bits per heavy atom. The van der Waals surface area contributed by atoms with Gasteiger partial charge in [0.05, 0.1) is 18.8 Å². The van der Waals surface area contributed by atoms with E-state index in [0.717, 1.165) is 5.92 Å². The lowest BCUT2D eigenvalue weighted by Gasteiger charge is -2.56. The van der Waals surface area contributed by atoms with Crippen molar-refractivity contribution in [2.75, 3.05) is 6.61 Å². The van der Waals surface area contributed by atoms with E-state index < -0.39 is 0 Å². The van der Waals surface area contributed by atoms with Gasteiger partial charge in [-0.2, -0.15) is 0 Å². The molecule has 0 radical (unpaired) electrons. The Morgan fingerprint density at radius 2 is 1.95 bits per heavy atom. The highest BCUT2D eigenvalue weighted by Crippen LogP contribution is 2.69. The summed E-state index contributed by atoms with van der Waals surface area (Å²) < 4.78 is 6.24. The van der Waals surface area contributed by atoms with Gasteiger partial charge in [-0.05, 0) is 62.2 Å². The van der Waals surface area contributed by atoms with Crippen LogP contribution in [-0.2, 0) is 4.74 Å². The van der Waals surface area contributed by atoms with E-state index in [0.29, 0.717) is 29.0 Å². The minimum Gasteiger partial charge on any atom is -0.391 e. The van der Waals surface area contributed by atoms with E-state index >= 15 is 0 Å². The van der Waals surface area contributed by atoms with Crippen LogP contribution in [-0.4, -0.2) is 23.9 Å². The van der Waals surface area contributed by atoms with Gasteiger partial charge in [0.1, 0.15) is 0 Å². The van der Waals surface area contributed by atoms with Crippen LogP contribution in [0.1, 0.15) is 72.6 Å². The summed E-state index contributed by atoms with van der Waals surface area (Å²) in [5.41, 5.74) is 1.37. The zero-order chi connectivity index (χ0) is 14.6. The Kier molecular flexibility index (Phi) is 3.49. The van der Waals surface area contributed by atoms with Crippen molar-refractivity contribution < 1.29 is 9.84 Å². The zero-order valence-corrected chi connectivity index (χ0v) is 13.7. The summed E-state index contributed by atoms with van der Waals surface area (Å²) in [5.74, 6) is 0.822. The van der Waals surface area contributed by atoms with Crippen LogP contribution in [0, 0.1) is 22.2 Å². The molecular weight excluding hydrogens is 248 g/mol. The predicted molar refractivity (Wildman–Crippen MR) is 81.6 cm³/mol. The lowest BCUT2D eigenvalue weighted by molar-refractivity contribution is -0.124. The van der Waals surface area contributed by atoms with Crippen LogP contribution in [0.4, 0.5) is 0 Å². The molecule has 3 aliphatic carbocycles. The molecule has 5 unspecified atom stereocenters. The number of rotatable bonds is 3. The molecule has 1 spiro atoms. The van der Waals surface area contributed by atoms with E-state index in [9.17, 15) is 5.11 Å². The first-order valence-corrected chi connectivity index (χ1v) is 8.57. The van der Waals surface area contributed by atoms with Crippen molar-refractivity contribution in [3.63, 3.8) is 0 Å². The summed E-state index contributed by atoms with van der Waals surface area (Å²) in [5, 5.41) is 9.59. The lowest BCUT2D eigenvalue weighted by atomic mass is 9.50. The van der Waals surface area contributed by atoms with Crippen molar-refractivity contribution in [3.05, 3.63) is 0 Å². The fourth-order valence-corrected chi connectivity index (χ4v) is 6.08. The summed E-state index contributed by atoms with van der Waals surface area (Å²) in [6.07, 6.45) is 9.50. The van der Waals surface area contributed by atoms with Crippen molar-refractivity contribution >= 4 is 0 Å². The molecule has 0 aromatic heterocycles. The van der Waals surface area contributed by atoms with Crippen molar-refractivity contribution in [3.8, 4) is 0 Å². The average Bonchev–Trinajstić information content (AvgIpc) is 2.52. The van der Waals surface area contributed by atoms with Crippen molar-refractivity contribution in [1.29, 1.82) is 0 Å². The maximum Gasteiger partial charge on any atom is 0.0745 e. The smallest absolute Gasteiger partial charge is 0.0745 e. The van der Waals surface area contributed by atoms with Gasteiger partial charge >= 0.3 is 0 Å². The first-order valence-electron chi connectivity index (χ1n) is 8.57. The molecule has 116 valence electrons. The minimum absolute atomic E-state index is 0.341. The van der Waals surface area contributed by atoms with Crippen LogP contribution in [0.3, 0.4) is 0 Å². The molecule has 3 aliphatic rings.